The van der Waals surface area contributed by atoms with E-state index >= 15 is 0 Å². The molecule has 0 aliphatic rings. The molecule has 16 heavy (non-hydrogen) atoms. The molecule has 0 aliphatic carbocycles. The molecule has 0 amide bonds. The summed E-state index contributed by atoms with van der Waals surface area (Å²) < 4.78 is 5.06. The van der Waals surface area contributed by atoms with Crippen LogP contribution in [-0.2, 0) is 0 Å². The predicted octanol–water partition coefficient (Wildman–Crippen LogP) is 2.40. The van der Waals surface area contributed by atoms with E-state index in [0.29, 0.717) is 18.4 Å². The molecule has 1 aromatic rings. The molecule has 0 unspecified atom stereocenters. The first kappa shape index (κ1) is 12.4. The molecule has 0 fully saturated rings. The number of phenolic OH excluding ortho intramolecular Hbond substituents is 2. The molecule has 0 saturated carbocycles. The highest BCUT2D eigenvalue weighted by molar-refractivity contribution is 6.02. The normalized spacial score (nSPS) is 10.2. The Morgan fingerprint density at radius 2 is 2.00 bits per heavy atom. The molecular formula is C12H16O4. The number of phenols is 2. The Hall–Kier alpha value is -1.71. The van der Waals surface area contributed by atoms with Crippen molar-refractivity contribution in [1.29, 1.82) is 0 Å². The molecule has 0 aliphatic heterocycles. The van der Waals surface area contributed by atoms with Crippen molar-refractivity contribution in [2.75, 3.05) is 7.11 Å². The minimum atomic E-state index is -0.238. The summed E-state index contributed by atoms with van der Waals surface area (Å²) in [5.74, 6) is -0.253. The average Bonchev–Trinajstić information content (AvgIpc) is 2.23. The number of aromatic hydroxyl groups is 2. The summed E-state index contributed by atoms with van der Waals surface area (Å²) in [7, 11) is 1.41. The van der Waals surface area contributed by atoms with Gasteiger partial charge < -0.3 is 14.9 Å². The molecule has 0 atom stereocenters. The third kappa shape index (κ3) is 2.10. The second-order valence-electron chi connectivity index (χ2n) is 3.62. The van der Waals surface area contributed by atoms with E-state index in [4.69, 9.17) is 4.74 Å². The monoisotopic (exact) mass is 224 g/mol. The van der Waals surface area contributed by atoms with Gasteiger partial charge in [-0.25, -0.2) is 0 Å². The maximum absolute atomic E-state index is 11.8. The first-order valence-electron chi connectivity index (χ1n) is 5.15. The van der Waals surface area contributed by atoms with Crippen molar-refractivity contribution >= 4 is 5.78 Å². The molecule has 1 aromatic carbocycles. The second-order valence-corrected chi connectivity index (χ2v) is 3.62. The van der Waals surface area contributed by atoms with Gasteiger partial charge in [0, 0.05) is 18.1 Å². The van der Waals surface area contributed by atoms with Crippen LogP contribution in [0.5, 0.6) is 17.2 Å². The fourth-order valence-electron chi connectivity index (χ4n) is 1.61. The van der Waals surface area contributed by atoms with Crippen molar-refractivity contribution in [2.45, 2.75) is 26.7 Å². The number of ketones is 1. The molecule has 88 valence electrons. The highest BCUT2D eigenvalue weighted by atomic mass is 16.5. The number of carbonyl (C=O) groups is 1. The third-order valence-corrected chi connectivity index (χ3v) is 2.44. The van der Waals surface area contributed by atoms with Gasteiger partial charge in [0.05, 0.1) is 7.11 Å². The van der Waals surface area contributed by atoms with E-state index in [1.807, 2.05) is 6.92 Å². The van der Waals surface area contributed by atoms with Crippen LogP contribution >= 0.6 is 0 Å². The fraction of sp³-hybridized carbons (Fsp3) is 0.417. The minimum Gasteiger partial charge on any atom is -0.507 e. The Bertz CT molecular complexity index is 410. The number of ether oxygens (including phenoxy) is 1. The van der Waals surface area contributed by atoms with E-state index in [1.165, 1.54) is 13.2 Å². The summed E-state index contributed by atoms with van der Waals surface area (Å²) in [4.78, 5) is 11.8. The van der Waals surface area contributed by atoms with E-state index in [9.17, 15) is 15.0 Å². The number of methoxy groups -OCH3 is 1. The molecule has 0 saturated heterocycles. The molecular weight excluding hydrogens is 208 g/mol. The third-order valence-electron chi connectivity index (χ3n) is 2.44. The Morgan fingerprint density at radius 3 is 2.50 bits per heavy atom. The van der Waals surface area contributed by atoms with Gasteiger partial charge in [0.1, 0.15) is 22.8 Å². The van der Waals surface area contributed by atoms with E-state index in [-0.39, 0.29) is 28.6 Å². The van der Waals surface area contributed by atoms with Crippen molar-refractivity contribution < 1.29 is 19.7 Å². The van der Waals surface area contributed by atoms with Gasteiger partial charge in [-0.3, -0.25) is 4.79 Å². The quantitative estimate of drug-likeness (QED) is 0.770. The van der Waals surface area contributed by atoms with Crippen LogP contribution in [0.15, 0.2) is 6.07 Å². The summed E-state index contributed by atoms with van der Waals surface area (Å²) in [6.07, 6.45) is 1.04. The van der Waals surface area contributed by atoms with Crippen LogP contribution in [0.2, 0.25) is 0 Å². The summed E-state index contributed by atoms with van der Waals surface area (Å²) >= 11 is 0. The SMILES string of the molecule is CCCC(=O)c1c(O)cc(O)c(C)c1OC. The minimum absolute atomic E-state index is 0.0811. The van der Waals surface area contributed by atoms with Crippen LogP contribution in [0.1, 0.15) is 35.7 Å². The van der Waals surface area contributed by atoms with Crippen LogP contribution in [0.4, 0.5) is 0 Å². The lowest BCUT2D eigenvalue weighted by molar-refractivity contribution is 0.0976. The standard InChI is InChI=1S/C12H16O4/c1-4-5-8(13)11-10(15)6-9(14)7(2)12(11)16-3/h6,14-15H,4-5H2,1-3H3. The van der Waals surface area contributed by atoms with Crippen LogP contribution < -0.4 is 4.74 Å². The number of hydrogen-bond donors (Lipinski definition) is 2. The van der Waals surface area contributed by atoms with Crippen molar-refractivity contribution in [1.82, 2.24) is 0 Å². The molecule has 0 radical (unpaired) electrons. The summed E-state index contributed by atoms with van der Waals surface area (Å²) in [6.45, 7) is 3.52. The molecule has 4 heteroatoms. The largest absolute Gasteiger partial charge is 0.507 e. The number of rotatable bonds is 4. The molecule has 0 aromatic heterocycles. The van der Waals surface area contributed by atoms with Gasteiger partial charge in [-0.05, 0) is 13.3 Å². The van der Waals surface area contributed by atoms with E-state index in [0.717, 1.165) is 0 Å². The topological polar surface area (TPSA) is 66.8 Å². The highest BCUT2D eigenvalue weighted by Gasteiger charge is 2.20. The Kier molecular flexibility index (Phi) is 3.77. The second kappa shape index (κ2) is 4.88. The predicted molar refractivity (Wildman–Crippen MR) is 60.3 cm³/mol. The Balaban J connectivity index is 3.36. The zero-order valence-electron chi connectivity index (χ0n) is 9.70. The van der Waals surface area contributed by atoms with Crippen molar-refractivity contribution in [3.63, 3.8) is 0 Å². The molecule has 0 bridgehead atoms. The first-order chi connectivity index (χ1) is 7.52. The van der Waals surface area contributed by atoms with E-state index < -0.39 is 0 Å². The maximum Gasteiger partial charge on any atom is 0.170 e. The molecule has 4 nitrogen and oxygen atoms in total. The van der Waals surface area contributed by atoms with Gasteiger partial charge in [-0.2, -0.15) is 0 Å². The van der Waals surface area contributed by atoms with Gasteiger partial charge in [-0.15, -0.1) is 0 Å². The molecule has 0 heterocycles. The van der Waals surface area contributed by atoms with Crippen molar-refractivity contribution in [3.05, 3.63) is 17.2 Å². The number of benzene rings is 1. The maximum atomic E-state index is 11.8. The smallest absolute Gasteiger partial charge is 0.170 e. The summed E-state index contributed by atoms with van der Waals surface area (Å²) in [5.41, 5.74) is 0.611. The summed E-state index contributed by atoms with van der Waals surface area (Å²) in [6, 6.07) is 1.17. The molecule has 0 spiro atoms. The van der Waals surface area contributed by atoms with Crippen LogP contribution in [0, 0.1) is 6.92 Å². The molecule has 1 rings (SSSR count). The lowest BCUT2D eigenvalue weighted by atomic mass is 10.0. The number of Topliss-reactive ketones (excluding diaryl/α,β-unsaturated/α-hetero) is 1. The van der Waals surface area contributed by atoms with Gasteiger partial charge in [-0.1, -0.05) is 6.92 Å². The fourth-order valence-corrected chi connectivity index (χ4v) is 1.61. The van der Waals surface area contributed by atoms with Crippen molar-refractivity contribution in [2.24, 2.45) is 0 Å². The summed E-state index contributed by atoms with van der Waals surface area (Å²) in [5, 5.41) is 19.2. The van der Waals surface area contributed by atoms with Gasteiger partial charge in [0.2, 0.25) is 0 Å². The van der Waals surface area contributed by atoms with Crippen LogP contribution in [-0.4, -0.2) is 23.1 Å². The van der Waals surface area contributed by atoms with E-state index in [1.54, 1.807) is 6.92 Å². The lowest BCUT2D eigenvalue weighted by Gasteiger charge is -2.13. The van der Waals surface area contributed by atoms with Crippen LogP contribution in [0.25, 0.3) is 0 Å². The number of hydrogen-bond acceptors (Lipinski definition) is 4. The van der Waals surface area contributed by atoms with Gasteiger partial charge in [0.15, 0.2) is 5.78 Å². The van der Waals surface area contributed by atoms with Crippen molar-refractivity contribution in [3.8, 4) is 17.2 Å². The number of carbonyl (C=O) groups excluding carboxylic acids is 1. The van der Waals surface area contributed by atoms with Gasteiger partial charge in [0.25, 0.3) is 0 Å². The van der Waals surface area contributed by atoms with Gasteiger partial charge >= 0.3 is 0 Å². The van der Waals surface area contributed by atoms with E-state index in [2.05, 4.69) is 0 Å². The molecule has 2 N–H and O–H groups in total. The zero-order chi connectivity index (χ0) is 12.3. The van der Waals surface area contributed by atoms with Crippen LogP contribution in [0.3, 0.4) is 0 Å². The lowest BCUT2D eigenvalue weighted by Crippen LogP contribution is -2.04. The highest BCUT2D eigenvalue weighted by Crippen LogP contribution is 2.38. The Labute approximate surface area is 94.5 Å². The average molecular weight is 224 g/mol. The Morgan fingerprint density at radius 1 is 1.38 bits per heavy atom. The first-order valence-corrected chi connectivity index (χ1v) is 5.15. The zero-order valence-corrected chi connectivity index (χ0v) is 9.70.